The fraction of sp³-hybridized carbons (Fsp3) is 0.548. The molecule has 2 fully saturated rings. The summed E-state index contributed by atoms with van der Waals surface area (Å²) in [5.74, 6) is 0.568. The first-order valence-electron chi connectivity index (χ1n) is 19.6. The Morgan fingerprint density at radius 2 is 1.76 bits per heavy atom. The van der Waals surface area contributed by atoms with Gasteiger partial charge in [-0.3, -0.25) is 14.3 Å². The lowest BCUT2D eigenvalue weighted by atomic mass is 9.77. The standard InChI is InChI=1S/C42H55N5O6S/c1-25(2)21-47-39(36(20-43-47)42(49)45-22-27(5)53-28(6)23-45)32-17-31-18-33(52-7)14-16-34(31)40-38(29-11-9-8-10-12-29)35-15-13-30(19-37(35)46(40)24-32)41(48)44-54(50,51)26(3)4/h13-20,25-29,31,34H,8-12,21-24H2,1-7H3,(H,44,48)/t27-,28+,31?,34?. The quantitative estimate of drug-likeness (QED) is 0.246. The van der Waals surface area contributed by atoms with Gasteiger partial charge >= 0.3 is 0 Å². The van der Waals surface area contributed by atoms with Gasteiger partial charge in [0.2, 0.25) is 10.0 Å². The third-order valence-electron chi connectivity index (χ3n) is 11.4. The predicted molar refractivity (Wildman–Crippen MR) is 211 cm³/mol. The van der Waals surface area contributed by atoms with Crippen molar-refractivity contribution in [3.8, 4) is 0 Å². The van der Waals surface area contributed by atoms with Gasteiger partial charge in [0.25, 0.3) is 11.8 Å². The second kappa shape index (κ2) is 15.2. The molecule has 0 bridgehead atoms. The van der Waals surface area contributed by atoms with E-state index < -0.39 is 21.2 Å². The van der Waals surface area contributed by atoms with Crippen LogP contribution in [0.2, 0.25) is 0 Å². The molecule has 4 atom stereocenters. The molecule has 2 aliphatic carbocycles. The smallest absolute Gasteiger partial charge is 0.264 e. The Morgan fingerprint density at radius 3 is 2.43 bits per heavy atom. The molecule has 12 heteroatoms. The fourth-order valence-electron chi connectivity index (χ4n) is 8.92. The number of fused-ring (bicyclic) bond motifs is 5. The van der Waals surface area contributed by atoms with Crippen LogP contribution in [0.5, 0.6) is 0 Å². The van der Waals surface area contributed by atoms with Gasteiger partial charge in [0.05, 0.1) is 42.0 Å². The number of aromatic nitrogens is 3. The molecule has 0 radical (unpaired) electrons. The Morgan fingerprint density at radius 1 is 1.04 bits per heavy atom. The van der Waals surface area contributed by atoms with E-state index in [1.165, 1.54) is 17.7 Å². The van der Waals surface area contributed by atoms with Gasteiger partial charge in [0, 0.05) is 60.2 Å². The number of morpholine rings is 1. The minimum Gasteiger partial charge on any atom is -0.497 e. The summed E-state index contributed by atoms with van der Waals surface area (Å²) in [4.78, 5) is 30.0. The van der Waals surface area contributed by atoms with E-state index in [0.717, 1.165) is 53.6 Å². The topological polar surface area (TPSA) is 125 Å². The maximum Gasteiger partial charge on any atom is 0.264 e. The lowest BCUT2D eigenvalue weighted by Crippen LogP contribution is -2.48. The van der Waals surface area contributed by atoms with Crippen LogP contribution in [0.15, 0.2) is 54.5 Å². The molecule has 4 aliphatic rings. The van der Waals surface area contributed by atoms with Gasteiger partial charge in [-0.05, 0) is 87.8 Å². The summed E-state index contributed by atoms with van der Waals surface area (Å²) in [7, 11) is -2.15. The van der Waals surface area contributed by atoms with Crippen molar-refractivity contribution < 1.29 is 27.5 Å². The number of benzene rings is 1. The molecule has 1 N–H and O–H groups in total. The summed E-state index contributed by atoms with van der Waals surface area (Å²) in [6.07, 6.45) is 16.0. The van der Waals surface area contributed by atoms with E-state index in [9.17, 15) is 18.0 Å². The largest absolute Gasteiger partial charge is 0.497 e. The van der Waals surface area contributed by atoms with Gasteiger partial charge in [0.1, 0.15) is 5.76 Å². The second-order valence-corrected chi connectivity index (χ2v) is 18.6. The van der Waals surface area contributed by atoms with Crippen LogP contribution in [0.3, 0.4) is 0 Å². The van der Waals surface area contributed by atoms with Gasteiger partial charge in [-0.15, -0.1) is 0 Å². The Kier molecular flexibility index (Phi) is 10.7. The number of carbonyl (C=O) groups is 2. The molecule has 7 rings (SSSR count). The maximum atomic E-state index is 14.5. The van der Waals surface area contributed by atoms with Gasteiger partial charge in [-0.1, -0.05) is 51.3 Å². The number of hydrogen-bond acceptors (Lipinski definition) is 7. The van der Waals surface area contributed by atoms with Crippen molar-refractivity contribution in [3.63, 3.8) is 0 Å². The van der Waals surface area contributed by atoms with Crippen molar-refractivity contribution in [1.29, 1.82) is 0 Å². The van der Waals surface area contributed by atoms with Crippen LogP contribution in [0.4, 0.5) is 0 Å². The Hall–Kier alpha value is -4.16. The monoisotopic (exact) mass is 757 g/mol. The zero-order valence-electron chi connectivity index (χ0n) is 32.7. The fourth-order valence-corrected chi connectivity index (χ4v) is 9.53. The highest BCUT2D eigenvalue weighted by molar-refractivity contribution is 7.90. The van der Waals surface area contributed by atoms with Crippen LogP contribution in [-0.2, 0) is 32.6 Å². The van der Waals surface area contributed by atoms with E-state index in [4.69, 9.17) is 14.6 Å². The summed E-state index contributed by atoms with van der Waals surface area (Å²) < 4.78 is 43.9. The Bertz CT molecular complexity index is 2120. The lowest BCUT2D eigenvalue weighted by Gasteiger charge is -2.35. The van der Waals surface area contributed by atoms with Crippen molar-refractivity contribution in [2.45, 2.75) is 116 Å². The number of sulfonamides is 1. The van der Waals surface area contributed by atoms with Gasteiger partial charge < -0.3 is 18.9 Å². The van der Waals surface area contributed by atoms with E-state index in [0.29, 0.717) is 37.7 Å². The van der Waals surface area contributed by atoms with E-state index in [2.05, 4.69) is 41.4 Å². The zero-order chi connectivity index (χ0) is 38.5. The highest BCUT2D eigenvalue weighted by atomic mass is 32.2. The van der Waals surface area contributed by atoms with Crippen molar-refractivity contribution in [1.82, 2.24) is 24.0 Å². The number of rotatable bonds is 9. The first-order chi connectivity index (χ1) is 25.7. The average Bonchev–Trinajstić information content (AvgIpc) is 3.63. The third kappa shape index (κ3) is 7.31. The van der Waals surface area contributed by atoms with Crippen LogP contribution >= 0.6 is 0 Å². The molecule has 290 valence electrons. The molecule has 2 aliphatic heterocycles. The van der Waals surface area contributed by atoms with Crippen LogP contribution in [0.1, 0.15) is 123 Å². The summed E-state index contributed by atoms with van der Waals surface area (Å²) in [6, 6.07) is 5.62. The predicted octanol–water partition coefficient (Wildman–Crippen LogP) is 7.16. The Balaban J connectivity index is 1.44. The lowest BCUT2D eigenvalue weighted by molar-refractivity contribution is -0.0586. The first kappa shape index (κ1) is 38.1. The SMILES string of the molecule is COC1=CC2C=C(c3c(C(=O)N4C[C@@H](C)O[C@@H](C)C4)cnn3CC(C)C)Cn3c(c(C4CCCCC4)c4ccc(C(=O)NS(=O)(=O)C(C)C)cc43)C2C=C1. The molecule has 1 saturated heterocycles. The van der Waals surface area contributed by atoms with Crippen molar-refractivity contribution in [2.75, 3.05) is 20.2 Å². The number of methoxy groups -OCH3 is 1. The van der Waals surface area contributed by atoms with Crippen LogP contribution in [-0.4, -0.2) is 77.1 Å². The van der Waals surface area contributed by atoms with E-state index >= 15 is 0 Å². The summed E-state index contributed by atoms with van der Waals surface area (Å²) in [5, 5.41) is 5.19. The summed E-state index contributed by atoms with van der Waals surface area (Å²) in [6.45, 7) is 13.5. The van der Waals surface area contributed by atoms with Crippen LogP contribution in [0.25, 0.3) is 16.5 Å². The number of carbonyl (C=O) groups excluding carboxylic acids is 2. The van der Waals surface area contributed by atoms with E-state index in [-0.39, 0.29) is 41.4 Å². The average molecular weight is 758 g/mol. The Labute approximate surface area is 319 Å². The molecule has 1 aromatic carbocycles. The van der Waals surface area contributed by atoms with Gasteiger partial charge in [-0.25, -0.2) is 13.1 Å². The van der Waals surface area contributed by atoms with Crippen molar-refractivity contribution >= 4 is 38.3 Å². The number of nitrogens with one attached hydrogen (secondary N) is 1. The molecule has 1 saturated carbocycles. The first-order valence-corrected chi connectivity index (χ1v) is 21.2. The van der Waals surface area contributed by atoms with Crippen LogP contribution < -0.4 is 4.72 Å². The van der Waals surface area contributed by atoms with E-state index in [1.807, 2.05) is 41.6 Å². The number of amides is 2. The van der Waals surface area contributed by atoms with Crippen molar-refractivity contribution in [2.24, 2.45) is 11.8 Å². The highest BCUT2D eigenvalue weighted by Crippen LogP contribution is 2.49. The number of ether oxygens (including phenoxy) is 2. The van der Waals surface area contributed by atoms with Gasteiger partial charge in [-0.2, -0.15) is 5.10 Å². The molecular weight excluding hydrogens is 703 g/mol. The normalized spacial score (nSPS) is 23.5. The molecule has 0 spiro atoms. The molecule has 2 amide bonds. The van der Waals surface area contributed by atoms with Crippen LogP contribution in [0, 0.1) is 11.8 Å². The summed E-state index contributed by atoms with van der Waals surface area (Å²) >= 11 is 0. The number of hydrogen-bond donors (Lipinski definition) is 1. The minimum absolute atomic E-state index is 0.0362. The number of nitrogens with zero attached hydrogens (tertiary/aromatic N) is 4. The molecule has 2 unspecified atom stereocenters. The molecule has 54 heavy (non-hydrogen) atoms. The molecular formula is C42H55N5O6S. The van der Waals surface area contributed by atoms with Crippen molar-refractivity contribution in [3.05, 3.63) is 82.5 Å². The molecule has 11 nitrogen and oxygen atoms in total. The zero-order valence-corrected chi connectivity index (χ0v) is 33.5. The minimum atomic E-state index is -3.84. The molecule has 2 aromatic heterocycles. The second-order valence-electron chi connectivity index (χ2n) is 16.4. The molecule has 3 aromatic rings. The van der Waals surface area contributed by atoms with E-state index in [1.54, 1.807) is 33.2 Å². The number of allylic oxidation sites excluding steroid dienone is 5. The van der Waals surface area contributed by atoms with Gasteiger partial charge in [0.15, 0.2) is 0 Å². The maximum absolute atomic E-state index is 14.5. The third-order valence-corrected chi connectivity index (χ3v) is 13.1. The summed E-state index contributed by atoms with van der Waals surface area (Å²) in [5.41, 5.74) is 5.98. The highest BCUT2D eigenvalue weighted by Gasteiger charge is 2.38. The molecule has 4 heterocycles.